The standard InChI is InChI=1S/C16H31N3O3S/c1-3-23(21,22)19-10-6-15(7-11-19)18-16(20)12-13(2)14-4-8-17-9-5-14/h13-15,17H,3-12H2,1-2H3,(H,18,20). The first kappa shape index (κ1) is 18.7. The number of amides is 1. The van der Waals surface area contributed by atoms with Gasteiger partial charge in [0.25, 0.3) is 0 Å². The largest absolute Gasteiger partial charge is 0.353 e. The second kappa shape index (κ2) is 8.44. The van der Waals surface area contributed by atoms with Crippen molar-refractivity contribution in [2.24, 2.45) is 11.8 Å². The van der Waals surface area contributed by atoms with Crippen LogP contribution in [0.5, 0.6) is 0 Å². The summed E-state index contributed by atoms with van der Waals surface area (Å²) in [5, 5.41) is 6.46. The van der Waals surface area contributed by atoms with E-state index in [0.717, 1.165) is 25.9 Å². The molecule has 2 fully saturated rings. The van der Waals surface area contributed by atoms with Crippen molar-refractivity contribution in [1.82, 2.24) is 14.9 Å². The van der Waals surface area contributed by atoms with Crippen molar-refractivity contribution in [2.45, 2.75) is 52.0 Å². The van der Waals surface area contributed by atoms with E-state index in [9.17, 15) is 13.2 Å². The summed E-state index contributed by atoms with van der Waals surface area (Å²) in [6.45, 7) is 7.00. The average Bonchev–Trinajstić information content (AvgIpc) is 2.56. The number of hydrogen-bond donors (Lipinski definition) is 2. The Balaban J connectivity index is 1.72. The number of nitrogens with zero attached hydrogens (tertiary/aromatic N) is 1. The van der Waals surface area contributed by atoms with Crippen molar-refractivity contribution in [3.05, 3.63) is 0 Å². The fourth-order valence-electron chi connectivity index (χ4n) is 3.62. The summed E-state index contributed by atoms with van der Waals surface area (Å²) in [6.07, 6.45) is 4.32. The molecule has 6 nitrogen and oxygen atoms in total. The summed E-state index contributed by atoms with van der Waals surface area (Å²) in [7, 11) is -3.09. The van der Waals surface area contributed by atoms with Crippen LogP contribution in [-0.4, -0.2) is 56.6 Å². The van der Waals surface area contributed by atoms with Crippen molar-refractivity contribution in [2.75, 3.05) is 31.9 Å². The fourth-order valence-corrected chi connectivity index (χ4v) is 4.75. The van der Waals surface area contributed by atoms with E-state index >= 15 is 0 Å². The van der Waals surface area contributed by atoms with Crippen molar-refractivity contribution >= 4 is 15.9 Å². The van der Waals surface area contributed by atoms with Crippen molar-refractivity contribution in [3.8, 4) is 0 Å². The van der Waals surface area contributed by atoms with Gasteiger partial charge in [0, 0.05) is 25.6 Å². The number of carbonyl (C=O) groups excluding carboxylic acids is 1. The Bertz CT molecular complexity index is 481. The molecular weight excluding hydrogens is 314 g/mol. The van der Waals surface area contributed by atoms with Gasteiger partial charge in [0.05, 0.1) is 5.75 Å². The monoisotopic (exact) mass is 345 g/mol. The lowest BCUT2D eigenvalue weighted by Crippen LogP contribution is -2.47. The Kier molecular flexibility index (Phi) is 6.85. The van der Waals surface area contributed by atoms with Gasteiger partial charge in [-0.3, -0.25) is 4.79 Å². The Hall–Kier alpha value is -0.660. The Morgan fingerprint density at radius 2 is 1.83 bits per heavy atom. The van der Waals surface area contributed by atoms with E-state index in [1.54, 1.807) is 11.2 Å². The Labute approximate surface area is 140 Å². The number of hydrogen-bond acceptors (Lipinski definition) is 4. The van der Waals surface area contributed by atoms with E-state index < -0.39 is 10.0 Å². The molecule has 2 aliphatic heterocycles. The summed E-state index contributed by atoms with van der Waals surface area (Å²) in [5.41, 5.74) is 0. The highest BCUT2D eigenvalue weighted by Gasteiger charge is 2.28. The number of carbonyl (C=O) groups is 1. The molecule has 2 N–H and O–H groups in total. The topological polar surface area (TPSA) is 78.5 Å². The van der Waals surface area contributed by atoms with Gasteiger partial charge in [-0.25, -0.2) is 12.7 Å². The number of nitrogens with one attached hydrogen (secondary N) is 2. The molecule has 2 saturated heterocycles. The molecule has 0 aromatic rings. The maximum Gasteiger partial charge on any atom is 0.220 e. The first-order valence-corrected chi connectivity index (χ1v) is 10.5. The molecule has 2 heterocycles. The second-order valence-corrected chi connectivity index (χ2v) is 9.17. The Morgan fingerprint density at radius 3 is 2.39 bits per heavy atom. The third-order valence-corrected chi connectivity index (χ3v) is 7.15. The van der Waals surface area contributed by atoms with Gasteiger partial charge in [0.2, 0.25) is 15.9 Å². The zero-order chi connectivity index (χ0) is 16.9. The van der Waals surface area contributed by atoms with Gasteiger partial charge in [0.15, 0.2) is 0 Å². The molecule has 0 bridgehead atoms. The van der Waals surface area contributed by atoms with E-state index in [0.29, 0.717) is 44.2 Å². The van der Waals surface area contributed by atoms with E-state index in [-0.39, 0.29) is 17.7 Å². The van der Waals surface area contributed by atoms with Crippen molar-refractivity contribution in [1.29, 1.82) is 0 Å². The van der Waals surface area contributed by atoms with E-state index in [1.807, 2.05) is 0 Å². The lowest BCUT2D eigenvalue weighted by Gasteiger charge is -2.32. The summed E-state index contributed by atoms with van der Waals surface area (Å²) < 4.78 is 25.2. The molecule has 134 valence electrons. The minimum Gasteiger partial charge on any atom is -0.353 e. The lowest BCUT2D eigenvalue weighted by atomic mass is 9.84. The van der Waals surface area contributed by atoms with E-state index in [1.165, 1.54) is 0 Å². The number of sulfonamides is 1. The van der Waals surface area contributed by atoms with Gasteiger partial charge in [-0.1, -0.05) is 6.92 Å². The summed E-state index contributed by atoms with van der Waals surface area (Å²) in [4.78, 5) is 12.2. The second-order valence-electron chi connectivity index (χ2n) is 6.91. The maximum atomic E-state index is 12.2. The molecule has 0 aromatic carbocycles. The van der Waals surface area contributed by atoms with Gasteiger partial charge in [0.1, 0.15) is 0 Å². The first-order chi connectivity index (χ1) is 10.9. The van der Waals surface area contributed by atoms with Gasteiger partial charge in [-0.2, -0.15) is 0 Å². The van der Waals surface area contributed by atoms with Crippen LogP contribution in [0.4, 0.5) is 0 Å². The molecule has 0 spiro atoms. The summed E-state index contributed by atoms with van der Waals surface area (Å²) in [5.74, 6) is 1.32. The summed E-state index contributed by atoms with van der Waals surface area (Å²) in [6, 6.07) is 0.117. The molecular formula is C16H31N3O3S. The zero-order valence-corrected chi connectivity index (χ0v) is 15.2. The quantitative estimate of drug-likeness (QED) is 0.751. The Morgan fingerprint density at radius 1 is 1.22 bits per heavy atom. The molecule has 0 aliphatic carbocycles. The maximum absolute atomic E-state index is 12.2. The molecule has 7 heteroatoms. The van der Waals surface area contributed by atoms with Gasteiger partial charge in [-0.05, 0) is 57.5 Å². The molecule has 1 amide bonds. The molecule has 0 aromatic heterocycles. The summed E-state index contributed by atoms with van der Waals surface area (Å²) >= 11 is 0. The van der Waals surface area contributed by atoms with Crippen LogP contribution in [0, 0.1) is 11.8 Å². The minimum atomic E-state index is -3.09. The van der Waals surface area contributed by atoms with Crippen LogP contribution in [0.3, 0.4) is 0 Å². The lowest BCUT2D eigenvalue weighted by molar-refractivity contribution is -0.123. The number of piperidine rings is 2. The van der Waals surface area contributed by atoms with Crippen LogP contribution >= 0.6 is 0 Å². The number of rotatable bonds is 6. The van der Waals surface area contributed by atoms with Gasteiger partial charge < -0.3 is 10.6 Å². The van der Waals surface area contributed by atoms with Gasteiger partial charge in [-0.15, -0.1) is 0 Å². The fraction of sp³-hybridized carbons (Fsp3) is 0.938. The SMILES string of the molecule is CCS(=O)(=O)N1CCC(NC(=O)CC(C)C2CCNCC2)CC1. The van der Waals surface area contributed by atoms with Crippen LogP contribution in [0.15, 0.2) is 0 Å². The highest BCUT2D eigenvalue weighted by atomic mass is 32.2. The molecule has 1 unspecified atom stereocenters. The minimum absolute atomic E-state index is 0.117. The normalized spacial score (nSPS) is 23.6. The average molecular weight is 346 g/mol. The molecule has 0 radical (unpaired) electrons. The van der Waals surface area contributed by atoms with Crippen LogP contribution in [-0.2, 0) is 14.8 Å². The molecule has 1 atom stereocenters. The third-order valence-electron chi connectivity index (χ3n) is 5.27. The van der Waals surface area contributed by atoms with Crippen molar-refractivity contribution < 1.29 is 13.2 Å². The van der Waals surface area contributed by atoms with Crippen molar-refractivity contribution in [3.63, 3.8) is 0 Å². The molecule has 2 rings (SSSR count). The van der Waals surface area contributed by atoms with Crippen LogP contribution in [0.1, 0.15) is 46.0 Å². The highest BCUT2D eigenvalue weighted by molar-refractivity contribution is 7.89. The highest BCUT2D eigenvalue weighted by Crippen LogP contribution is 2.24. The van der Waals surface area contributed by atoms with Crippen LogP contribution < -0.4 is 10.6 Å². The van der Waals surface area contributed by atoms with Crippen LogP contribution in [0.25, 0.3) is 0 Å². The smallest absolute Gasteiger partial charge is 0.220 e. The van der Waals surface area contributed by atoms with E-state index in [2.05, 4.69) is 17.6 Å². The molecule has 2 aliphatic rings. The predicted octanol–water partition coefficient (Wildman–Crippen LogP) is 0.943. The van der Waals surface area contributed by atoms with Crippen LogP contribution in [0.2, 0.25) is 0 Å². The third kappa shape index (κ3) is 5.43. The zero-order valence-electron chi connectivity index (χ0n) is 14.4. The first-order valence-electron chi connectivity index (χ1n) is 8.90. The van der Waals surface area contributed by atoms with E-state index in [4.69, 9.17) is 0 Å². The molecule has 0 saturated carbocycles. The predicted molar refractivity (Wildman–Crippen MR) is 91.6 cm³/mol. The van der Waals surface area contributed by atoms with Gasteiger partial charge >= 0.3 is 0 Å². The molecule has 23 heavy (non-hydrogen) atoms.